The first kappa shape index (κ1) is 21.4. The van der Waals surface area contributed by atoms with E-state index in [-0.39, 0.29) is 35.1 Å². The van der Waals surface area contributed by atoms with Gasteiger partial charge in [0.25, 0.3) is 6.43 Å². The molecule has 0 unspecified atom stereocenters. The lowest BCUT2D eigenvalue weighted by molar-refractivity contribution is -0.128. The summed E-state index contributed by atoms with van der Waals surface area (Å²) < 4.78 is 43.6. The number of nitrogens with one attached hydrogen (secondary N) is 1. The minimum absolute atomic E-state index is 0.0291. The fourth-order valence-corrected chi connectivity index (χ4v) is 3.40. The van der Waals surface area contributed by atoms with E-state index in [4.69, 9.17) is 5.73 Å². The van der Waals surface area contributed by atoms with Crippen molar-refractivity contribution in [1.29, 1.82) is 0 Å². The first-order valence-electron chi connectivity index (χ1n) is 9.31. The Labute approximate surface area is 172 Å². The second-order valence-electron chi connectivity index (χ2n) is 6.99. The van der Waals surface area contributed by atoms with Gasteiger partial charge in [0.1, 0.15) is 17.3 Å². The molecule has 0 radical (unpaired) electrons. The highest BCUT2D eigenvalue weighted by Gasteiger charge is 2.24. The van der Waals surface area contributed by atoms with Crippen LogP contribution in [0.5, 0.6) is 0 Å². The zero-order chi connectivity index (χ0) is 22.0. The van der Waals surface area contributed by atoms with E-state index in [0.29, 0.717) is 24.1 Å². The highest BCUT2D eigenvalue weighted by Crippen LogP contribution is 2.36. The van der Waals surface area contributed by atoms with Gasteiger partial charge in [-0.05, 0) is 17.7 Å². The molecule has 0 saturated heterocycles. The van der Waals surface area contributed by atoms with Gasteiger partial charge in [0, 0.05) is 62.6 Å². The summed E-state index contributed by atoms with van der Waals surface area (Å²) in [6.07, 6.45) is 0.610. The van der Waals surface area contributed by atoms with Gasteiger partial charge in [0.05, 0.1) is 12.7 Å². The number of carbonyl (C=O) groups excluding carboxylic acids is 1. The Balaban J connectivity index is 2.04. The third-order valence-electron chi connectivity index (χ3n) is 5.01. The second kappa shape index (κ2) is 8.60. The Hall–Kier alpha value is -3.30. The van der Waals surface area contributed by atoms with Crippen LogP contribution < -0.4 is 11.1 Å². The van der Waals surface area contributed by atoms with Crippen molar-refractivity contribution in [2.24, 2.45) is 17.8 Å². The van der Waals surface area contributed by atoms with Crippen LogP contribution in [0, 0.1) is 5.82 Å². The van der Waals surface area contributed by atoms with Crippen LogP contribution in [-0.4, -0.2) is 46.6 Å². The minimum Gasteiger partial charge on any atom is -0.391 e. The summed E-state index contributed by atoms with van der Waals surface area (Å²) in [6, 6.07) is 2.01. The molecule has 0 bridgehead atoms. The fraction of sp³-hybridized carbons (Fsp3) is 0.350. The van der Waals surface area contributed by atoms with Crippen LogP contribution in [0.15, 0.2) is 40.8 Å². The summed E-state index contributed by atoms with van der Waals surface area (Å²) in [5.41, 5.74) is 7.17. The SMILES string of the molecule is CNC1=C(C(N)=Nc2cc(C(F)F)c(-c3cnn(C)c3)cc2F)CN(C(C)=O)CC1. The molecule has 10 heteroatoms. The maximum absolute atomic E-state index is 14.8. The van der Waals surface area contributed by atoms with E-state index in [1.807, 2.05) is 0 Å². The van der Waals surface area contributed by atoms with Gasteiger partial charge in [-0.1, -0.05) is 0 Å². The Morgan fingerprint density at radius 3 is 2.67 bits per heavy atom. The average Bonchev–Trinajstić information content (AvgIpc) is 3.14. The summed E-state index contributed by atoms with van der Waals surface area (Å²) >= 11 is 0. The van der Waals surface area contributed by atoms with Gasteiger partial charge < -0.3 is 16.0 Å². The molecule has 0 atom stereocenters. The predicted octanol–water partition coefficient (Wildman–Crippen LogP) is 2.88. The molecule has 160 valence electrons. The Kier molecular flexibility index (Phi) is 6.14. The molecule has 1 aliphatic rings. The molecule has 1 aromatic carbocycles. The number of rotatable bonds is 5. The van der Waals surface area contributed by atoms with E-state index in [1.165, 1.54) is 24.0 Å². The lowest BCUT2D eigenvalue weighted by atomic mass is 10.0. The molecule has 1 aliphatic heterocycles. The van der Waals surface area contributed by atoms with Crippen LogP contribution >= 0.6 is 0 Å². The number of aryl methyl sites for hydroxylation is 1. The lowest BCUT2D eigenvalue weighted by Crippen LogP contribution is -2.40. The summed E-state index contributed by atoms with van der Waals surface area (Å²) in [6.45, 7) is 2.17. The number of hydrogen-bond acceptors (Lipinski definition) is 4. The Morgan fingerprint density at radius 1 is 1.37 bits per heavy atom. The van der Waals surface area contributed by atoms with E-state index >= 15 is 0 Å². The first-order chi connectivity index (χ1) is 14.2. The predicted molar refractivity (Wildman–Crippen MR) is 108 cm³/mol. The number of nitrogens with two attached hydrogens (primary N) is 1. The topological polar surface area (TPSA) is 88.5 Å². The summed E-state index contributed by atoms with van der Waals surface area (Å²) in [5.74, 6) is -0.937. The molecular weight excluding hydrogens is 397 g/mol. The van der Waals surface area contributed by atoms with E-state index in [1.54, 1.807) is 19.0 Å². The third-order valence-corrected chi connectivity index (χ3v) is 5.01. The number of halogens is 3. The van der Waals surface area contributed by atoms with E-state index in [9.17, 15) is 18.0 Å². The number of aromatic nitrogens is 2. The highest BCUT2D eigenvalue weighted by atomic mass is 19.3. The standard InChI is InChI=1S/C20H23F3N6O/c1-11(30)29-5-4-17(25-2)15(10-29)20(24)27-18-7-14(19(22)23)13(6-16(18)21)12-8-26-28(3)9-12/h6-9,19,25H,4-5,10H2,1-3H3,(H2,24,27). The number of aliphatic imine (C=N–C) groups is 1. The number of nitrogens with zero attached hydrogens (tertiary/aromatic N) is 4. The van der Waals surface area contributed by atoms with Crippen LogP contribution in [0.2, 0.25) is 0 Å². The Morgan fingerprint density at radius 2 is 2.10 bits per heavy atom. The van der Waals surface area contributed by atoms with Gasteiger partial charge >= 0.3 is 0 Å². The molecular formula is C20H23F3N6O. The third kappa shape index (κ3) is 4.32. The van der Waals surface area contributed by atoms with Gasteiger partial charge in [-0.15, -0.1) is 0 Å². The van der Waals surface area contributed by atoms with Crippen molar-refractivity contribution in [3.63, 3.8) is 0 Å². The van der Waals surface area contributed by atoms with Gasteiger partial charge in [0.15, 0.2) is 0 Å². The molecule has 2 heterocycles. The Bertz CT molecular complexity index is 1030. The van der Waals surface area contributed by atoms with Gasteiger partial charge in [-0.25, -0.2) is 18.2 Å². The van der Waals surface area contributed by atoms with Crippen LogP contribution in [0.4, 0.5) is 18.9 Å². The summed E-state index contributed by atoms with van der Waals surface area (Å²) in [4.78, 5) is 17.4. The maximum Gasteiger partial charge on any atom is 0.264 e. The minimum atomic E-state index is -2.84. The van der Waals surface area contributed by atoms with Crippen molar-refractivity contribution in [3.8, 4) is 11.1 Å². The normalized spacial score (nSPS) is 15.2. The molecule has 0 spiro atoms. The molecule has 1 amide bonds. The summed E-state index contributed by atoms with van der Waals surface area (Å²) in [5, 5.41) is 6.97. The smallest absolute Gasteiger partial charge is 0.264 e. The number of alkyl halides is 2. The summed E-state index contributed by atoms with van der Waals surface area (Å²) in [7, 11) is 3.35. The van der Waals surface area contributed by atoms with Gasteiger partial charge in [0.2, 0.25) is 5.91 Å². The molecule has 0 saturated carbocycles. The zero-order valence-electron chi connectivity index (χ0n) is 16.9. The fourth-order valence-electron chi connectivity index (χ4n) is 3.40. The molecule has 3 rings (SSSR count). The quantitative estimate of drug-likeness (QED) is 0.575. The number of amides is 1. The molecule has 30 heavy (non-hydrogen) atoms. The van der Waals surface area contributed by atoms with E-state index in [0.717, 1.165) is 17.8 Å². The average molecular weight is 420 g/mol. The molecule has 2 aromatic rings. The molecule has 0 fully saturated rings. The van der Waals surface area contributed by atoms with Crippen LogP contribution in [-0.2, 0) is 11.8 Å². The highest BCUT2D eigenvalue weighted by molar-refractivity contribution is 6.00. The molecule has 1 aromatic heterocycles. The van der Waals surface area contributed by atoms with Crippen molar-refractivity contribution in [2.45, 2.75) is 19.8 Å². The molecule has 0 aliphatic carbocycles. The number of amidine groups is 1. The van der Waals surface area contributed by atoms with E-state index in [2.05, 4.69) is 15.4 Å². The number of carbonyl (C=O) groups is 1. The number of hydrogen-bond donors (Lipinski definition) is 2. The van der Waals surface area contributed by atoms with Gasteiger partial charge in [-0.3, -0.25) is 9.48 Å². The van der Waals surface area contributed by atoms with Crippen molar-refractivity contribution in [1.82, 2.24) is 20.0 Å². The monoisotopic (exact) mass is 420 g/mol. The first-order valence-corrected chi connectivity index (χ1v) is 9.31. The number of benzene rings is 1. The second-order valence-corrected chi connectivity index (χ2v) is 6.99. The lowest BCUT2D eigenvalue weighted by Gasteiger charge is -2.29. The van der Waals surface area contributed by atoms with Crippen LogP contribution in [0.25, 0.3) is 11.1 Å². The van der Waals surface area contributed by atoms with Crippen molar-refractivity contribution in [2.75, 3.05) is 20.1 Å². The van der Waals surface area contributed by atoms with Crippen molar-refractivity contribution >= 4 is 17.4 Å². The van der Waals surface area contributed by atoms with Crippen LogP contribution in [0.1, 0.15) is 25.3 Å². The van der Waals surface area contributed by atoms with Crippen molar-refractivity contribution < 1.29 is 18.0 Å². The van der Waals surface area contributed by atoms with Gasteiger partial charge in [-0.2, -0.15) is 5.10 Å². The van der Waals surface area contributed by atoms with Crippen molar-refractivity contribution in [3.05, 3.63) is 47.2 Å². The van der Waals surface area contributed by atoms with Crippen LogP contribution in [0.3, 0.4) is 0 Å². The largest absolute Gasteiger partial charge is 0.391 e. The zero-order valence-corrected chi connectivity index (χ0v) is 16.9. The molecule has 3 N–H and O–H groups in total. The molecule has 7 nitrogen and oxygen atoms in total. The van der Waals surface area contributed by atoms with E-state index < -0.39 is 12.2 Å². The maximum atomic E-state index is 14.8.